The molecule has 0 bridgehead atoms. The Kier molecular flexibility index (Phi) is 7.45. The van der Waals surface area contributed by atoms with Crippen molar-refractivity contribution in [2.24, 2.45) is 0 Å². The number of para-hydroxylation sites is 2. The highest BCUT2D eigenvalue weighted by Crippen LogP contribution is 2.26. The fraction of sp³-hybridized carbons (Fsp3) is 0.150. The first-order valence-corrected chi connectivity index (χ1v) is 10.3. The monoisotopic (exact) mass is 413 g/mol. The number of nitrogens with one attached hydrogen (secondary N) is 1. The Morgan fingerprint density at radius 1 is 1.07 bits per heavy atom. The molecular formula is C20H19N3O3S2. The molecule has 8 heteroatoms. The van der Waals surface area contributed by atoms with Crippen molar-refractivity contribution in [1.29, 1.82) is 0 Å². The molecule has 0 fully saturated rings. The van der Waals surface area contributed by atoms with Crippen LogP contribution in [0.3, 0.4) is 0 Å². The van der Waals surface area contributed by atoms with Crippen LogP contribution in [-0.4, -0.2) is 35.1 Å². The summed E-state index contributed by atoms with van der Waals surface area (Å²) in [7, 11) is 0. The van der Waals surface area contributed by atoms with Crippen LogP contribution in [0.4, 0.5) is 5.13 Å². The molecule has 0 atom stereocenters. The Bertz CT molecular complexity index is 916. The summed E-state index contributed by atoms with van der Waals surface area (Å²) in [5.41, 5.74) is 0.428. The number of hydrogen-bond donors (Lipinski definition) is 1. The van der Waals surface area contributed by atoms with Crippen LogP contribution < -0.4 is 14.8 Å². The van der Waals surface area contributed by atoms with Gasteiger partial charge in [-0.1, -0.05) is 59.5 Å². The molecule has 3 rings (SSSR count). The minimum absolute atomic E-state index is 0.295. The van der Waals surface area contributed by atoms with Crippen LogP contribution in [0.5, 0.6) is 11.5 Å². The quantitative estimate of drug-likeness (QED) is 0.228. The number of ether oxygens (including phenoxy) is 2. The zero-order chi connectivity index (χ0) is 19.6. The average Bonchev–Trinajstić information content (AvgIpc) is 3.18. The van der Waals surface area contributed by atoms with Crippen molar-refractivity contribution in [3.05, 3.63) is 72.8 Å². The van der Waals surface area contributed by atoms with E-state index in [9.17, 15) is 4.79 Å². The molecule has 144 valence electrons. The van der Waals surface area contributed by atoms with E-state index in [0.717, 1.165) is 15.8 Å². The van der Waals surface area contributed by atoms with E-state index in [-0.39, 0.29) is 5.91 Å². The molecule has 2 aromatic carbocycles. The lowest BCUT2D eigenvalue weighted by atomic mass is 10.2. The van der Waals surface area contributed by atoms with Gasteiger partial charge in [0.1, 0.15) is 24.7 Å². The minimum Gasteiger partial charge on any atom is -0.490 e. The number of amides is 1. The van der Waals surface area contributed by atoms with E-state index in [0.29, 0.717) is 29.7 Å². The van der Waals surface area contributed by atoms with Gasteiger partial charge in [-0.2, -0.15) is 0 Å². The van der Waals surface area contributed by atoms with Gasteiger partial charge in [0.15, 0.2) is 4.34 Å². The van der Waals surface area contributed by atoms with E-state index >= 15 is 0 Å². The number of carbonyl (C=O) groups excluding carboxylic acids is 1. The molecule has 0 unspecified atom stereocenters. The second kappa shape index (κ2) is 10.5. The average molecular weight is 414 g/mol. The summed E-state index contributed by atoms with van der Waals surface area (Å²) in [6.45, 7) is 4.37. The van der Waals surface area contributed by atoms with Gasteiger partial charge in [0.2, 0.25) is 5.13 Å². The van der Waals surface area contributed by atoms with Crippen molar-refractivity contribution < 1.29 is 14.3 Å². The standard InChI is InChI=1S/C20H19N3O3S2/c1-2-14-27-20-23-22-19(28-20)21-18(24)16-10-6-7-11-17(16)26-13-12-25-15-8-4-3-5-9-15/h2-11H,1,12-14H2,(H,21,22,24). The van der Waals surface area contributed by atoms with E-state index in [4.69, 9.17) is 9.47 Å². The van der Waals surface area contributed by atoms with Crippen molar-refractivity contribution in [3.63, 3.8) is 0 Å². The lowest BCUT2D eigenvalue weighted by Crippen LogP contribution is -2.15. The van der Waals surface area contributed by atoms with Gasteiger partial charge in [0.05, 0.1) is 5.56 Å². The molecule has 0 aliphatic heterocycles. The number of carbonyl (C=O) groups is 1. The second-order valence-electron chi connectivity index (χ2n) is 5.43. The summed E-state index contributed by atoms with van der Waals surface area (Å²) < 4.78 is 12.1. The van der Waals surface area contributed by atoms with Gasteiger partial charge in [0, 0.05) is 5.75 Å². The fourth-order valence-electron chi connectivity index (χ4n) is 2.22. The van der Waals surface area contributed by atoms with Gasteiger partial charge < -0.3 is 9.47 Å². The molecule has 1 aromatic heterocycles. The predicted octanol–water partition coefficient (Wildman–Crippen LogP) is 4.53. The minimum atomic E-state index is -0.295. The van der Waals surface area contributed by atoms with E-state index in [2.05, 4.69) is 22.1 Å². The summed E-state index contributed by atoms with van der Waals surface area (Å²) in [6, 6.07) is 16.6. The summed E-state index contributed by atoms with van der Waals surface area (Å²) >= 11 is 2.84. The zero-order valence-corrected chi connectivity index (χ0v) is 16.7. The number of anilines is 1. The molecule has 0 aliphatic rings. The van der Waals surface area contributed by atoms with E-state index in [1.165, 1.54) is 23.1 Å². The van der Waals surface area contributed by atoms with Crippen molar-refractivity contribution in [2.75, 3.05) is 24.3 Å². The fourth-order valence-corrected chi connectivity index (χ4v) is 3.73. The number of thioether (sulfide) groups is 1. The lowest BCUT2D eigenvalue weighted by molar-refractivity contribution is 0.102. The van der Waals surface area contributed by atoms with Crippen LogP contribution in [0.15, 0.2) is 71.6 Å². The molecule has 1 amide bonds. The van der Waals surface area contributed by atoms with E-state index in [1.54, 1.807) is 24.3 Å². The van der Waals surface area contributed by atoms with Crippen LogP contribution in [0.1, 0.15) is 10.4 Å². The molecule has 0 aliphatic carbocycles. The number of nitrogens with zero attached hydrogens (tertiary/aromatic N) is 2. The molecule has 0 saturated carbocycles. The second-order valence-corrected chi connectivity index (χ2v) is 7.68. The normalized spacial score (nSPS) is 10.3. The van der Waals surface area contributed by atoms with Gasteiger partial charge in [0.25, 0.3) is 5.91 Å². The Balaban J connectivity index is 1.55. The maximum Gasteiger partial charge on any atom is 0.261 e. The first-order chi connectivity index (χ1) is 13.8. The third-order valence-electron chi connectivity index (χ3n) is 3.44. The van der Waals surface area contributed by atoms with Crippen molar-refractivity contribution >= 4 is 34.1 Å². The van der Waals surface area contributed by atoms with Crippen molar-refractivity contribution in [2.45, 2.75) is 4.34 Å². The Morgan fingerprint density at radius 2 is 1.82 bits per heavy atom. The molecule has 1 heterocycles. The Morgan fingerprint density at radius 3 is 2.64 bits per heavy atom. The maximum atomic E-state index is 12.6. The number of rotatable bonds is 10. The zero-order valence-electron chi connectivity index (χ0n) is 15.0. The molecule has 3 aromatic rings. The first kappa shape index (κ1) is 19.9. The largest absolute Gasteiger partial charge is 0.490 e. The van der Waals surface area contributed by atoms with Crippen LogP contribution in [0, 0.1) is 0 Å². The summed E-state index contributed by atoms with van der Waals surface area (Å²) in [5, 5.41) is 11.2. The van der Waals surface area contributed by atoms with E-state index < -0.39 is 0 Å². The molecule has 0 saturated heterocycles. The molecule has 0 spiro atoms. The third kappa shape index (κ3) is 5.83. The number of aromatic nitrogens is 2. The van der Waals surface area contributed by atoms with Gasteiger partial charge >= 0.3 is 0 Å². The lowest BCUT2D eigenvalue weighted by Gasteiger charge is -2.11. The molecule has 28 heavy (non-hydrogen) atoms. The summed E-state index contributed by atoms with van der Waals surface area (Å²) in [5.74, 6) is 1.71. The summed E-state index contributed by atoms with van der Waals surface area (Å²) in [6.07, 6.45) is 1.79. The summed E-state index contributed by atoms with van der Waals surface area (Å²) in [4.78, 5) is 12.6. The Labute approximate surface area is 171 Å². The van der Waals surface area contributed by atoms with Crippen LogP contribution in [-0.2, 0) is 0 Å². The number of hydrogen-bond acceptors (Lipinski definition) is 7. The van der Waals surface area contributed by atoms with Crippen LogP contribution in [0.2, 0.25) is 0 Å². The van der Waals surface area contributed by atoms with Gasteiger partial charge in [-0.15, -0.1) is 16.8 Å². The third-order valence-corrected chi connectivity index (χ3v) is 5.40. The molecule has 6 nitrogen and oxygen atoms in total. The SMILES string of the molecule is C=CCSc1nnc(NC(=O)c2ccccc2OCCOc2ccccc2)s1. The molecular weight excluding hydrogens is 394 g/mol. The van der Waals surface area contributed by atoms with Gasteiger partial charge in [-0.25, -0.2) is 0 Å². The highest BCUT2D eigenvalue weighted by atomic mass is 32.2. The van der Waals surface area contributed by atoms with Crippen molar-refractivity contribution in [1.82, 2.24) is 10.2 Å². The van der Waals surface area contributed by atoms with Gasteiger partial charge in [-0.3, -0.25) is 10.1 Å². The smallest absolute Gasteiger partial charge is 0.261 e. The highest BCUT2D eigenvalue weighted by molar-refractivity contribution is 8.01. The predicted molar refractivity (Wildman–Crippen MR) is 113 cm³/mol. The van der Waals surface area contributed by atoms with Gasteiger partial charge in [-0.05, 0) is 24.3 Å². The topological polar surface area (TPSA) is 73.3 Å². The molecule has 0 radical (unpaired) electrons. The van der Waals surface area contributed by atoms with E-state index in [1.807, 2.05) is 36.4 Å². The highest BCUT2D eigenvalue weighted by Gasteiger charge is 2.15. The van der Waals surface area contributed by atoms with Crippen LogP contribution in [0.25, 0.3) is 0 Å². The maximum absolute atomic E-state index is 12.6. The molecule has 1 N–H and O–H groups in total. The van der Waals surface area contributed by atoms with Crippen LogP contribution >= 0.6 is 23.1 Å². The number of benzene rings is 2. The first-order valence-electron chi connectivity index (χ1n) is 8.54. The van der Waals surface area contributed by atoms with Crippen molar-refractivity contribution in [3.8, 4) is 11.5 Å². The Hall–Kier alpha value is -2.84.